The number of aryl methyl sites for hydroxylation is 1. The summed E-state index contributed by atoms with van der Waals surface area (Å²) in [5, 5.41) is 0.799. The largest absolute Gasteiger partial charge is 0.293 e. The lowest BCUT2D eigenvalue weighted by Gasteiger charge is -1.99. The molecule has 0 N–H and O–H groups in total. The molecule has 0 aliphatic rings. The summed E-state index contributed by atoms with van der Waals surface area (Å²) >= 11 is 7.32. The molecule has 0 amide bonds. The van der Waals surface area contributed by atoms with Crippen molar-refractivity contribution in [3.05, 3.63) is 39.9 Å². The smallest absolute Gasteiger partial charge is 0.180 e. The number of carbonyl (C=O) groups excluding carboxylic acids is 1. The van der Waals surface area contributed by atoms with Crippen LogP contribution in [0.5, 0.6) is 0 Å². The van der Waals surface area contributed by atoms with Crippen molar-refractivity contribution < 1.29 is 4.79 Å². The summed E-state index contributed by atoms with van der Waals surface area (Å²) in [4.78, 5) is 15.5. The Balaban J connectivity index is 2.54. The number of thiazole rings is 1. The highest BCUT2D eigenvalue weighted by Crippen LogP contribution is 2.33. The van der Waals surface area contributed by atoms with Crippen molar-refractivity contribution in [1.29, 1.82) is 0 Å². The van der Waals surface area contributed by atoms with Crippen molar-refractivity contribution in [2.75, 3.05) is 0 Å². The lowest BCUT2D eigenvalue weighted by molar-refractivity contribution is 0.101. The van der Waals surface area contributed by atoms with E-state index in [1.54, 1.807) is 0 Å². The average Bonchev–Trinajstić information content (AvgIpc) is 2.61. The van der Waals surface area contributed by atoms with Gasteiger partial charge in [-0.05, 0) is 12.5 Å². The van der Waals surface area contributed by atoms with E-state index in [4.69, 9.17) is 11.6 Å². The molecule has 0 saturated carbocycles. The summed E-state index contributed by atoms with van der Waals surface area (Å²) in [6.07, 6.45) is 0. The number of rotatable bonds is 2. The van der Waals surface area contributed by atoms with Gasteiger partial charge in [-0.1, -0.05) is 35.9 Å². The van der Waals surface area contributed by atoms with E-state index in [-0.39, 0.29) is 5.78 Å². The van der Waals surface area contributed by atoms with Gasteiger partial charge in [0.15, 0.2) is 5.78 Å². The summed E-state index contributed by atoms with van der Waals surface area (Å²) < 4.78 is 0.464. The van der Waals surface area contributed by atoms with Crippen molar-refractivity contribution in [3.8, 4) is 10.6 Å². The Hall–Kier alpha value is -1.19. The predicted octanol–water partition coefficient (Wildman–Crippen LogP) is 3.97. The minimum Gasteiger partial charge on any atom is -0.293 e. The van der Waals surface area contributed by atoms with E-state index in [1.165, 1.54) is 18.3 Å². The second-order valence-corrected chi connectivity index (χ2v) is 5.11. The van der Waals surface area contributed by atoms with Gasteiger partial charge in [0.1, 0.15) is 15.0 Å². The number of halogens is 1. The van der Waals surface area contributed by atoms with Crippen molar-refractivity contribution in [2.45, 2.75) is 13.8 Å². The lowest BCUT2D eigenvalue weighted by atomic mass is 10.1. The molecule has 16 heavy (non-hydrogen) atoms. The number of benzene rings is 1. The summed E-state index contributed by atoms with van der Waals surface area (Å²) in [6, 6.07) is 7.91. The maximum Gasteiger partial charge on any atom is 0.180 e. The zero-order valence-electron chi connectivity index (χ0n) is 8.95. The maximum atomic E-state index is 11.3. The Morgan fingerprint density at radius 2 is 2.06 bits per heavy atom. The van der Waals surface area contributed by atoms with Crippen LogP contribution in [0.25, 0.3) is 10.6 Å². The number of nitrogens with zero attached hydrogens (tertiary/aromatic N) is 1. The molecule has 0 spiro atoms. The maximum absolute atomic E-state index is 11.3. The minimum atomic E-state index is -0.0962. The first-order valence-corrected chi connectivity index (χ1v) is 6.02. The molecule has 1 aromatic heterocycles. The van der Waals surface area contributed by atoms with Gasteiger partial charge >= 0.3 is 0 Å². The number of ketones is 1. The molecule has 82 valence electrons. The molecule has 0 atom stereocenters. The first-order valence-electron chi connectivity index (χ1n) is 4.83. The fourth-order valence-electron chi connectivity index (χ4n) is 1.45. The van der Waals surface area contributed by atoms with E-state index in [9.17, 15) is 4.79 Å². The van der Waals surface area contributed by atoms with Crippen LogP contribution in [0.15, 0.2) is 24.3 Å². The quantitative estimate of drug-likeness (QED) is 0.756. The van der Waals surface area contributed by atoms with Crippen LogP contribution in [0.1, 0.15) is 23.0 Å². The third-order valence-corrected chi connectivity index (χ3v) is 3.58. The first kappa shape index (κ1) is 11.3. The molecule has 2 aromatic rings. The van der Waals surface area contributed by atoms with Crippen LogP contribution < -0.4 is 0 Å². The minimum absolute atomic E-state index is 0.0962. The van der Waals surface area contributed by atoms with E-state index >= 15 is 0 Å². The van der Waals surface area contributed by atoms with Gasteiger partial charge in [0.2, 0.25) is 0 Å². The van der Waals surface area contributed by atoms with Crippen LogP contribution in [0.3, 0.4) is 0 Å². The standard InChI is InChI=1S/C12H10ClNOS/c1-7-5-3-4-6-9(7)12-14-10(8(2)15)11(13)16-12/h3-6H,1-2H3. The molecule has 0 radical (unpaired) electrons. The van der Waals surface area contributed by atoms with Gasteiger partial charge in [-0.2, -0.15) is 0 Å². The molecular weight excluding hydrogens is 242 g/mol. The molecular formula is C12H10ClNOS. The SMILES string of the molecule is CC(=O)c1nc(-c2ccccc2C)sc1Cl. The van der Waals surface area contributed by atoms with Crippen LogP contribution in [-0.2, 0) is 0 Å². The number of hydrogen-bond acceptors (Lipinski definition) is 3. The van der Waals surface area contributed by atoms with Crippen LogP contribution in [0, 0.1) is 6.92 Å². The number of Topliss-reactive ketones (excluding diaryl/α,β-unsaturated/α-hetero) is 1. The van der Waals surface area contributed by atoms with Crippen molar-refractivity contribution in [3.63, 3.8) is 0 Å². The highest BCUT2D eigenvalue weighted by Gasteiger charge is 2.15. The summed E-state index contributed by atoms with van der Waals surface area (Å²) in [5.41, 5.74) is 2.52. The average molecular weight is 252 g/mol. The second kappa shape index (κ2) is 4.36. The molecule has 1 heterocycles. The highest BCUT2D eigenvalue weighted by molar-refractivity contribution is 7.19. The van der Waals surface area contributed by atoms with Crippen molar-refractivity contribution in [2.24, 2.45) is 0 Å². The topological polar surface area (TPSA) is 30.0 Å². The molecule has 0 aliphatic heterocycles. The number of hydrogen-bond donors (Lipinski definition) is 0. The third-order valence-electron chi connectivity index (χ3n) is 2.29. The molecule has 2 nitrogen and oxygen atoms in total. The Morgan fingerprint density at radius 1 is 1.38 bits per heavy atom. The van der Waals surface area contributed by atoms with Gasteiger partial charge in [-0.3, -0.25) is 4.79 Å². The van der Waals surface area contributed by atoms with E-state index in [0.717, 1.165) is 16.1 Å². The van der Waals surface area contributed by atoms with E-state index in [1.807, 2.05) is 31.2 Å². The van der Waals surface area contributed by atoms with Crippen LogP contribution in [0.2, 0.25) is 4.34 Å². The van der Waals surface area contributed by atoms with Crippen LogP contribution in [0.4, 0.5) is 0 Å². The van der Waals surface area contributed by atoms with Gasteiger partial charge in [0, 0.05) is 12.5 Å². The Kier molecular flexibility index (Phi) is 3.08. The van der Waals surface area contributed by atoms with Crippen LogP contribution >= 0.6 is 22.9 Å². The Morgan fingerprint density at radius 3 is 2.62 bits per heavy atom. The molecule has 0 bridgehead atoms. The van der Waals surface area contributed by atoms with Gasteiger partial charge < -0.3 is 0 Å². The number of aromatic nitrogens is 1. The Labute approximate surface area is 103 Å². The van der Waals surface area contributed by atoms with Crippen molar-refractivity contribution in [1.82, 2.24) is 4.98 Å². The predicted molar refractivity (Wildman–Crippen MR) is 67.3 cm³/mol. The Bertz CT molecular complexity index is 548. The van der Waals surface area contributed by atoms with Crippen LogP contribution in [-0.4, -0.2) is 10.8 Å². The molecule has 0 saturated heterocycles. The van der Waals surface area contributed by atoms with E-state index < -0.39 is 0 Å². The van der Waals surface area contributed by atoms with Gasteiger partial charge in [-0.15, -0.1) is 11.3 Å². The number of carbonyl (C=O) groups is 1. The zero-order valence-corrected chi connectivity index (χ0v) is 10.5. The third kappa shape index (κ3) is 2.01. The van der Waals surface area contributed by atoms with Gasteiger partial charge in [0.25, 0.3) is 0 Å². The summed E-state index contributed by atoms with van der Waals surface area (Å²) in [7, 11) is 0. The highest BCUT2D eigenvalue weighted by atomic mass is 35.5. The van der Waals surface area contributed by atoms with E-state index in [0.29, 0.717) is 10.0 Å². The molecule has 0 aliphatic carbocycles. The normalized spacial score (nSPS) is 10.4. The molecule has 0 unspecified atom stereocenters. The van der Waals surface area contributed by atoms with Gasteiger partial charge in [-0.25, -0.2) is 4.98 Å². The molecule has 1 aromatic carbocycles. The first-order chi connectivity index (χ1) is 7.59. The fourth-order valence-corrected chi connectivity index (χ4v) is 2.77. The van der Waals surface area contributed by atoms with Gasteiger partial charge in [0.05, 0.1) is 0 Å². The van der Waals surface area contributed by atoms with E-state index in [2.05, 4.69) is 4.98 Å². The zero-order chi connectivity index (χ0) is 11.7. The summed E-state index contributed by atoms with van der Waals surface area (Å²) in [5.74, 6) is -0.0962. The summed E-state index contributed by atoms with van der Waals surface area (Å²) in [6.45, 7) is 3.49. The molecule has 2 rings (SSSR count). The monoisotopic (exact) mass is 251 g/mol. The van der Waals surface area contributed by atoms with Crippen molar-refractivity contribution >= 4 is 28.7 Å². The molecule has 0 fully saturated rings. The second-order valence-electron chi connectivity index (χ2n) is 3.51. The fraction of sp³-hybridized carbons (Fsp3) is 0.167. The lowest BCUT2D eigenvalue weighted by Crippen LogP contribution is -1.92. The molecule has 4 heteroatoms.